The highest BCUT2D eigenvalue weighted by Crippen LogP contribution is 2.23. The summed E-state index contributed by atoms with van der Waals surface area (Å²) in [4.78, 5) is 4.21. The van der Waals surface area contributed by atoms with Gasteiger partial charge in [-0.25, -0.2) is 4.99 Å². The standard InChI is InChI=1S/C18H21F2N3O/c1-3-13-5-4-6-15(10-13)23-18(21)22-11-14-9-12(2)7-8-16(14)24-17(19)20/h4-10,17H,3,11H2,1-2H3,(H3,21,22,23). The summed E-state index contributed by atoms with van der Waals surface area (Å²) in [5, 5.41) is 3.00. The van der Waals surface area contributed by atoms with Gasteiger partial charge in [0.15, 0.2) is 5.96 Å². The predicted molar refractivity (Wildman–Crippen MR) is 92.6 cm³/mol. The van der Waals surface area contributed by atoms with Crippen LogP contribution in [-0.2, 0) is 13.0 Å². The largest absolute Gasteiger partial charge is 0.434 e. The molecule has 0 heterocycles. The minimum absolute atomic E-state index is 0.111. The number of rotatable bonds is 6. The molecule has 2 aromatic carbocycles. The smallest absolute Gasteiger partial charge is 0.387 e. The molecule has 0 spiro atoms. The number of nitrogens with zero attached hydrogens (tertiary/aromatic N) is 1. The van der Waals surface area contributed by atoms with Gasteiger partial charge >= 0.3 is 6.61 Å². The third-order valence-corrected chi connectivity index (χ3v) is 3.46. The Balaban J connectivity index is 2.10. The van der Waals surface area contributed by atoms with Crippen LogP contribution in [0.1, 0.15) is 23.6 Å². The van der Waals surface area contributed by atoms with Crippen LogP contribution in [0.2, 0.25) is 0 Å². The van der Waals surface area contributed by atoms with Crippen molar-refractivity contribution in [3.05, 3.63) is 59.2 Å². The normalized spacial score (nSPS) is 11.6. The summed E-state index contributed by atoms with van der Waals surface area (Å²) in [6, 6.07) is 12.8. The molecule has 24 heavy (non-hydrogen) atoms. The van der Waals surface area contributed by atoms with Crippen molar-refractivity contribution in [1.29, 1.82) is 0 Å². The number of alkyl halides is 2. The van der Waals surface area contributed by atoms with Crippen LogP contribution < -0.4 is 15.8 Å². The number of hydrogen-bond acceptors (Lipinski definition) is 2. The van der Waals surface area contributed by atoms with Crippen LogP contribution in [-0.4, -0.2) is 12.6 Å². The summed E-state index contributed by atoms with van der Waals surface area (Å²) in [5.74, 6) is 0.327. The molecule has 0 aliphatic rings. The van der Waals surface area contributed by atoms with Gasteiger partial charge in [-0.2, -0.15) is 8.78 Å². The number of nitrogens with one attached hydrogen (secondary N) is 1. The average molecular weight is 333 g/mol. The SMILES string of the molecule is CCc1cccc(NC(N)=NCc2cc(C)ccc2OC(F)F)c1. The van der Waals surface area contributed by atoms with Crippen LogP contribution in [0, 0.1) is 6.92 Å². The van der Waals surface area contributed by atoms with E-state index in [1.165, 1.54) is 11.6 Å². The molecule has 0 radical (unpaired) electrons. The molecule has 0 bridgehead atoms. The van der Waals surface area contributed by atoms with E-state index in [1.807, 2.05) is 31.2 Å². The van der Waals surface area contributed by atoms with Crippen molar-refractivity contribution in [2.75, 3.05) is 5.32 Å². The quantitative estimate of drug-likeness (QED) is 0.618. The molecule has 128 valence electrons. The first kappa shape index (κ1) is 17.7. The molecule has 4 nitrogen and oxygen atoms in total. The molecule has 0 amide bonds. The van der Waals surface area contributed by atoms with Crippen LogP contribution in [0.25, 0.3) is 0 Å². The topological polar surface area (TPSA) is 59.6 Å². The molecule has 0 saturated carbocycles. The Bertz CT molecular complexity index is 717. The highest BCUT2D eigenvalue weighted by atomic mass is 19.3. The number of anilines is 1. The molecule has 3 N–H and O–H groups in total. The number of guanidine groups is 1. The van der Waals surface area contributed by atoms with Crippen molar-refractivity contribution in [3.8, 4) is 5.75 Å². The summed E-state index contributed by atoms with van der Waals surface area (Å²) in [5.41, 5.74) is 9.39. The van der Waals surface area contributed by atoms with E-state index in [0.717, 1.165) is 17.7 Å². The zero-order valence-corrected chi connectivity index (χ0v) is 13.7. The fourth-order valence-electron chi connectivity index (χ4n) is 2.27. The maximum absolute atomic E-state index is 12.5. The Morgan fingerprint density at radius 1 is 1.25 bits per heavy atom. The van der Waals surface area contributed by atoms with Gasteiger partial charge < -0.3 is 15.8 Å². The van der Waals surface area contributed by atoms with Crippen LogP contribution >= 0.6 is 0 Å². The summed E-state index contributed by atoms with van der Waals surface area (Å²) in [6.07, 6.45) is 0.921. The van der Waals surface area contributed by atoms with E-state index >= 15 is 0 Å². The maximum atomic E-state index is 12.5. The number of nitrogens with two attached hydrogens (primary N) is 1. The molecular formula is C18H21F2N3O. The molecule has 0 atom stereocenters. The van der Waals surface area contributed by atoms with Crippen molar-refractivity contribution >= 4 is 11.6 Å². The molecule has 0 saturated heterocycles. The van der Waals surface area contributed by atoms with Crippen LogP contribution in [0.4, 0.5) is 14.5 Å². The van der Waals surface area contributed by atoms with Crippen LogP contribution in [0.15, 0.2) is 47.5 Å². The Hall–Kier alpha value is -2.63. The van der Waals surface area contributed by atoms with Gasteiger partial charge in [0.1, 0.15) is 5.75 Å². The Kier molecular flexibility index (Phi) is 6.12. The molecule has 0 aliphatic carbocycles. The number of aliphatic imine (C=N–C) groups is 1. The fraction of sp³-hybridized carbons (Fsp3) is 0.278. The first-order valence-electron chi connectivity index (χ1n) is 7.68. The zero-order chi connectivity index (χ0) is 17.5. The third-order valence-electron chi connectivity index (χ3n) is 3.46. The van der Waals surface area contributed by atoms with Gasteiger partial charge in [-0.15, -0.1) is 0 Å². The second-order valence-electron chi connectivity index (χ2n) is 5.37. The van der Waals surface area contributed by atoms with E-state index in [4.69, 9.17) is 5.73 Å². The van der Waals surface area contributed by atoms with Crippen molar-refractivity contribution < 1.29 is 13.5 Å². The number of halogens is 2. The zero-order valence-electron chi connectivity index (χ0n) is 13.7. The molecule has 0 fully saturated rings. The van der Waals surface area contributed by atoms with E-state index < -0.39 is 6.61 Å². The number of aryl methyl sites for hydroxylation is 2. The number of ether oxygens (including phenoxy) is 1. The lowest BCUT2D eigenvalue weighted by Gasteiger charge is -2.11. The molecule has 0 aliphatic heterocycles. The Morgan fingerprint density at radius 3 is 2.75 bits per heavy atom. The Labute approximate surface area is 140 Å². The molecule has 6 heteroatoms. The summed E-state index contributed by atoms with van der Waals surface area (Å²) in [7, 11) is 0. The lowest BCUT2D eigenvalue weighted by atomic mass is 10.1. The van der Waals surface area contributed by atoms with Gasteiger partial charge in [0, 0.05) is 11.3 Å². The number of hydrogen-bond donors (Lipinski definition) is 2. The molecule has 2 rings (SSSR count). The van der Waals surface area contributed by atoms with E-state index in [9.17, 15) is 8.78 Å². The lowest BCUT2D eigenvalue weighted by molar-refractivity contribution is -0.0504. The number of benzene rings is 2. The van der Waals surface area contributed by atoms with Gasteiger partial charge in [0.25, 0.3) is 0 Å². The third kappa shape index (κ3) is 5.22. The minimum atomic E-state index is -2.87. The van der Waals surface area contributed by atoms with Crippen molar-refractivity contribution in [2.24, 2.45) is 10.7 Å². The monoisotopic (exact) mass is 333 g/mol. The lowest BCUT2D eigenvalue weighted by Crippen LogP contribution is -2.22. The summed E-state index contributed by atoms with van der Waals surface area (Å²) in [6.45, 7) is 1.22. The van der Waals surface area contributed by atoms with Crippen molar-refractivity contribution in [2.45, 2.75) is 33.4 Å². The van der Waals surface area contributed by atoms with Crippen molar-refractivity contribution in [3.63, 3.8) is 0 Å². The molecule has 2 aromatic rings. The van der Waals surface area contributed by atoms with Gasteiger partial charge in [-0.3, -0.25) is 0 Å². The average Bonchev–Trinajstić information content (AvgIpc) is 2.55. The first-order chi connectivity index (χ1) is 11.5. The van der Waals surface area contributed by atoms with Gasteiger partial charge in [-0.05, 0) is 37.1 Å². The van der Waals surface area contributed by atoms with E-state index in [1.54, 1.807) is 12.1 Å². The second kappa shape index (κ2) is 8.29. The van der Waals surface area contributed by atoms with E-state index in [2.05, 4.69) is 22.0 Å². The molecule has 0 unspecified atom stereocenters. The summed E-state index contributed by atoms with van der Waals surface area (Å²) < 4.78 is 29.4. The second-order valence-corrected chi connectivity index (χ2v) is 5.37. The van der Waals surface area contributed by atoms with Gasteiger partial charge in [-0.1, -0.05) is 36.8 Å². The highest BCUT2D eigenvalue weighted by molar-refractivity contribution is 5.92. The van der Waals surface area contributed by atoms with Gasteiger partial charge in [0.2, 0.25) is 0 Å². The predicted octanol–water partition coefficient (Wildman–Crippen LogP) is 4.09. The molecular weight excluding hydrogens is 312 g/mol. The fourth-order valence-corrected chi connectivity index (χ4v) is 2.27. The molecule has 0 aromatic heterocycles. The first-order valence-corrected chi connectivity index (χ1v) is 7.68. The minimum Gasteiger partial charge on any atom is -0.434 e. The maximum Gasteiger partial charge on any atom is 0.387 e. The highest BCUT2D eigenvalue weighted by Gasteiger charge is 2.09. The van der Waals surface area contributed by atoms with Crippen LogP contribution in [0.3, 0.4) is 0 Å². The van der Waals surface area contributed by atoms with Crippen molar-refractivity contribution in [1.82, 2.24) is 0 Å². The summed E-state index contributed by atoms with van der Waals surface area (Å²) >= 11 is 0. The van der Waals surface area contributed by atoms with E-state index in [0.29, 0.717) is 5.56 Å². The Morgan fingerprint density at radius 2 is 2.04 bits per heavy atom. The van der Waals surface area contributed by atoms with Crippen LogP contribution in [0.5, 0.6) is 5.75 Å². The van der Waals surface area contributed by atoms with E-state index in [-0.39, 0.29) is 18.3 Å². The van der Waals surface area contributed by atoms with Gasteiger partial charge in [0.05, 0.1) is 6.54 Å².